The van der Waals surface area contributed by atoms with Gasteiger partial charge in [0.1, 0.15) is 0 Å². The first-order valence-corrected chi connectivity index (χ1v) is 7.41. The minimum atomic E-state index is 0.468. The molecule has 0 saturated carbocycles. The molecule has 0 amide bonds. The van der Waals surface area contributed by atoms with E-state index in [2.05, 4.69) is 32.5 Å². The molecule has 3 rings (SSSR count). The van der Waals surface area contributed by atoms with Crippen molar-refractivity contribution in [3.05, 3.63) is 23.5 Å². The summed E-state index contributed by atoms with van der Waals surface area (Å²) in [5.74, 6) is 0.614. The third-order valence-corrected chi connectivity index (χ3v) is 4.48. The van der Waals surface area contributed by atoms with E-state index in [9.17, 15) is 0 Å². The monoisotopic (exact) mass is 265 g/mol. The largest absolute Gasteiger partial charge is 0.381 e. The summed E-state index contributed by atoms with van der Waals surface area (Å²) >= 11 is 1.69. The van der Waals surface area contributed by atoms with Crippen molar-refractivity contribution in [1.82, 2.24) is 14.7 Å². The normalized spacial score (nSPS) is 22.4. The second kappa shape index (κ2) is 5.38. The summed E-state index contributed by atoms with van der Waals surface area (Å²) in [6.07, 6.45) is 7.63. The zero-order chi connectivity index (χ0) is 12.4. The number of hydrogen-bond donors (Lipinski definition) is 1. The molecule has 18 heavy (non-hydrogen) atoms. The van der Waals surface area contributed by atoms with Crippen molar-refractivity contribution in [1.29, 1.82) is 0 Å². The Morgan fingerprint density at radius 2 is 2.61 bits per heavy atom. The van der Waals surface area contributed by atoms with Gasteiger partial charge in [-0.15, -0.1) is 11.3 Å². The number of likely N-dealkylation sites (N-methyl/N-ethyl adjacent to an activating group) is 1. The molecule has 3 heterocycles. The van der Waals surface area contributed by atoms with E-state index < -0.39 is 0 Å². The molecule has 2 unspecified atom stereocenters. The summed E-state index contributed by atoms with van der Waals surface area (Å²) in [4.78, 5) is 5.74. The lowest BCUT2D eigenvalue weighted by Gasteiger charge is -2.29. The number of imidazole rings is 1. The highest BCUT2D eigenvalue weighted by Gasteiger charge is 2.24. The molecular formula is C13H19N3OS. The van der Waals surface area contributed by atoms with Gasteiger partial charge in [0.15, 0.2) is 4.96 Å². The molecule has 1 aliphatic heterocycles. The fourth-order valence-electron chi connectivity index (χ4n) is 2.69. The van der Waals surface area contributed by atoms with E-state index in [1.807, 2.05) is 7.05 Å². The lowest BCUT2D eigenvalue weighted by Crippen LogP contribution is -2.39. The van der Waals surface area contributed by atoms with Gasteiger partial charge in [0, 0.05) is 36.8 Å². The van der Waals surface area contributed by atoms with Gasteiger partial charge in [-0.25, -0.2) is 4.98 Å². The minimum absolute atomic E-state index is 0.468. The van der Waals surface area contributed by atoms with E-state index in [-0.39, 0.29) is 0 Å². The van der Waals surface area contributed by atoms with Crippen LogP contribution in [0.15, 0.2) is 17.8 Å². The predicted octanol–water partition coefficient (Wildman–Crippen LogP) is 1.95. The van der Waals surface area contributed by atoms with Crippen molar-refractivity contribution >= 4 is 16.3 Å². The van der Waals surface area contributed by atoms with Crippen LogP contribution in [0, 0.1) is 5.92 Å². The second-order valence-electron chi connectivity index (χ2n) is 4.90. The SMILES string of the molecule is CNC(Cc1cn2ccsc2n1)C1CCCOC1. The number of nitrogens with one attached hydrogen (secondary N) is 1. The fourth-order valence-corrected chi connectivity index (χ4v) is 3.41. The molecule has 1 fully saturated rings. The van der Waals surface area contributed by atoms with Crippen molar-refractivity contribution in [3.63, 3.8) is 0 Å². The standard InChI is InChI=1S/C13H19N3OS/c1-14-12(10-3-2-5-17-9-10)7-11-8-16-4-6-18-13(16)15-11/h4,6,8,10,12,14H,2-3,5,7,9H2,1H3. The molecule has 0 bridgehead atoms. The van der Waals surface area contributed by atoms with Crippen LogP contribution in [0.4, 0.5) is 0 Å². The average molecular weight is 265 g/mol. The molecule has 1 saturated heterocycles. The maximum absolute atomic E-state index is 5.58. The van der Waals surface area contributed by atoms with Crippen molar-refractivity contribution < 1.29 is 4.74 Å². The molecule has 2 aromatic rings. The van der Waals surface area contributed by atoms with E-state index in [0.717, 1.165) is 24.6 Å². The zero-order valence-corrected chi connectivity index (χ0v) is 11.4. The molecular weight excluding hydrogens is 246 g/mol. The highest BCUT2D eigenvalue weighted by molar-refractivity contribution is 7.15. The maximum atomic E-state index is 5.58. The lowest BCUT2D eigenvalue weighted by atomic mass is 9.91. The van der Waals surface area contributed by atoms with Gasteiger partial charge in [-0.2, -0.15) is 0 Å². The zero-order valence-electron chi connectivity index (χ0n) is 10.6. The Labute approximate surface area is 111 Å². The van der Waals surface area contributed by atoms with Gasteiger partial charge >= 0.3 is 0 Å². The molecule has 98 valence electrons. The van der Waals surface area contributed by atoms with Crippen molar-refractivity contribution in [2.24, 2.45) is 5.92 Å². The van der Waals surface area contributed by atoms with Gasteiger partial charge in [-0.05, 0) is 25.8 Å². The molecule has 4 nitrogen and oxygen atoms in total. The molecule has 0 spiro atoms. The third-order valence-electron chi connectivity index (χ3n) is 3.71. The Morgan fingerprint density at radius 3 is 3.33 bits per heavy atom. The van der Waals surface area contributed by atoms with Gasteiger partial charge in [-0.1, -0.05) is 0 Å². The van der Waals surface area contributed by atoms with E-state index in [1.165, 1.54) is 18.5 Å². The Bertz CT molecular complexity index is 473. The Balaban J connectivity index is 1.70. The van der Waals surface area contributed by atoms with Crippen LogP contribution in [-0.4, -0.2) is 35.7 Å². The van der Waals surface area contributed by atoms with Crippen LogP contribution in [0.3, 0.4) is 0 Å². The van der Waals surface area contributed by atoms with Crippen LogP contribution in [0.25, 0.3) is 4.96 Å². The Hall–Kier alpha value is -0.910. The first-order chi connectivity index (χ1) is 8.86. The Kier molecular flexibility index (Phi) is 3.63. The highest BCUT2D eigenvalue weighted by atomic mass is 32.1. The van der Waals surface area contributed by atoms with Gasteiger partial charge in [0.05, 0.1) is 12.3 Å². The number of hydrogen-bond acceptors (Lipinski definition) is 4. The summed E-state index contributed by atoms with van der Waals surface area (Å²) < 4.78 is 7.68. The van der Waals surface area contributed by atoms with Gasteiger partial charge in [0.25, 0.3) is 0 Å². The second-order valence-corrected chi connectivity index (χ2v) is 5.77. The van der Waals surface area contributed by atoms with Crippen LogP contribution in [0.1, 0.15) is 18.5 Å². The Morgan fingerprint density at radius 1 is 1.67 bits per heavy atom. The van der Waals surface area contributed by atoms with Crippen molar-refractivity contribution in [2.75, 3.05) is 20.3 Å². The number of aromatic nitrogens is 2. The topological polar surface area (TPSA) is 38.6 Å². The van der Waals surface area contributed by atoms with E-state index in [0.29, 0.717) is 12.0 Å². The first kappa shape index (κ1) is 12.1. The quantitative estimate of drug-likeness (QED) is 0.918. The minimum Gasteiger partial charge on any atom is -0.381 e. The van der Waals surface area contributed by atoms with Crippen LogP contribution in [0.5, 0.6) is 0 Å². The molecule has 2 aromatic heterocycles. The molecule has 0 aliphatic carbocycles. The van der Waals surface area contributed by atoms with Crippen LogP contribution >= 0.6 is 11.3 Å². The molecule has 0 radical (unpaired) electrons. The van der Waals surface area contributed by atoms with Gasteiger partial charge in [-0.3, -0.25) is 4.40 Å². The smallest absolute Gasteiger partial charge is 0.193 e. The van der Waals surface area contributed by atoms with E-state index >= 15 is 0 Å². The lowest BCUT2D eigenvalue weighted by molar-refractivity contribution is 0.0404. The predicted molar refractivity (Wildman–Crippen MR) is 73.2 cm³/mol. The van der Waals surface area contributed by atoms with Crippen LogP contribution < -0.4 is 5.32 Å². The fraction of sp³-hybridized carbons (Fsp3) is 0.615. The number of thiazole rings is 1. The van der Waals surface area contributed by atoms with Crippen molar-refractivity contribution in [3.8, 4) is 0 Å². The third kappa shape index (κ3) is 2.43. The summed E-state index contributed by atoms with van der Waals surface area (Å²) in [5.41, 5.74) is 1.17. The van der Waals surface area contributed by atoms with Gasteiger partial charge in [0.2, 0.25) is 0 Å². The maximum Gasteiger partial charge on any atom is 0.193 e. The van der Waals surface area contributed by atoms with Crippen molar-refractivity contribution in [2.45, 2.75) is 25.3 Å². The molecule has 2 atom stereocenters. The first-order valence-electron chi connectivity index (χ1n) is 6.53. The molecule has 1 aliphatic rings. The summed E-state index contributed by atoms with van der Waals surface area (Å²) in [7, 11) is 2.04. The highest BCUT2D eigenvalue weighted by Crippen LogP contribution is 2.21. The van der Waals surface area contributed by atoms with Crippen LogP contribution in [0.2, 0.25) is 0 Å². The summed E-state index contributed by atoms with van der Waals surface area (Å²) in [5, 5.41) is 5.50. The average Bonchev–Trinajstić information content (AvgIpc) is 2.97. The number of rotatable bonds is 4. The molecule has 1 N–H and O–H groups in total. The number of nitrogens with zero attached hydrogens (tertiary/aromatic N) is 2. The molecule has 0 aromatic carbocycles. The number of fused-ring (bicyclic) bond motifs is 1. The molecule has 5 heteroatoms. The van der Waals surface area contributed by atoms with E-state index in [1.54, 1.807) is 11.3 Å². The van der Waals surface area contributed by atoms with Crippen LogP contribution in [-0.2, 0) is 11.2 Å². The van der Waals surface area contributed by atoms with Gasteiger partial charge < -0.3 is 10.1 Å². The van der Waals surface area contributed by atoms with E-state index in [4.69, 9.17) is 4.74 Å². The number of ether oxygens (including phenoxy) is 1. The summed E-state index contributed by atoms with van der Waals surface area (Å²) in [6.45, 7) is 1.81. The summed E-state index contributed by atoms with van der Waals surface area (Å²) in [6, 6.07) is 0.468.